The molecular formula is C19H19N3O4. The molecule has 0 spiro atoms. The third kappa shape index (κ3) is 3.46. The van der Waals surface area contributed by atoms with Gasteiger partial charge in [-0.1, -0.05) is 18.2 Å². The molecule has 26 heavy (non-hydrogen) atoms. The number of ether oxygens (including phenoxy) is 3. The summed E-state index contributed by atoms with van der Waals surface area (Å²) in [5.41, 5.74) is 1.58. The molecule has 3 aromatic rings. The normalized spacial score (nSPS) is 10.3. The number of benzene rings is 2. The summed E-state index contributed by atoms with van der Waals surface area (Å²) >= 11 is 0. The van der Waals surface area contributed by atoms with Gasteiger partial charge in [0.05, 0.1) is 33.2 Å². The van der Waals surface area contributed by atoms with E-state index in [9.17, 15) is 4.79 Å². The van der Waals surface area contributed by atoms with Gasteiger partial charge in [-0.15, -0.1) is 0 Å². The molecule has 0 aliphatic carbocycles. The molecule has 0 bridgehead atoms. The monoisotopic (exact) mass is 353 g/mol. The Morgan fingerprint density at radius 1 is 0.923 bits per heavy atom. The lowest BCUT2D eigenvalue weighted by Gasteiger charge is -2.10. The minimum Gasteiger partial charge on any atom is -0.493 e. The molecule has 7 nitrogen and oxygen atoms in total. The topological polar surface area (TPSA) is 74.6 Å². The Morgan fingerprint density at radius 2 is 1.62 bits per heavy atom. The van der Waals surface area contributed by atoms with Gasteiger partial charge in [0.15, 0.2) is 22.9 Å². The van der Waals surface area contributed by atoms with Crippen LogP contribution in [0.4, 0.5) is 5.69 Å². The Bertz CT molecular complexity index is 906. The SMILES string of the molecule is COc1ccc(NC(=O)c2nn(-c3ccccc3)cc2OC)cc1OC. The number of carbonyl (C=O) groups is 1. The van der Waals surface area contributed by atoms with Crippen molar-refractivity contribution in [2.45, 2.75) is 0 Å². The Labute approximate surface area is 151 Å². The van der Waals surface area contributed by atoms with Crippen LogP contribution in [-0.2, 0) is 0 Å². The number of para-hydroxylation sites is 1. The number of methoxy groups -OCH3 is 3. The van der Waals surface area contributed by atoms with Gasteiger partial charge >= 0.3 is 0 Å². The molecule has 1 aromatic heterocycles. The average Bonchev–Trinajstić information content (AvgIpc) is 3.13. The van der Waals surface area contributed by atoms with Crippen molar-refractivity contribution in [3.05, 3.63) is 60.4 Å². The van der Waals surface area contributed by atoms with Crippen molar-refractivity contribution in [3.8, 4) is 22.9 Å². The summed E-state index contributed by atoms with van der Waals surface area (Å²) in [7, 11) is 4.59. The van der Waals surface area contributed by atoms with E-state index in [-0.39, 0.29) is 11.6 Å². The number of amides is 1. The van der Waals surface area contributed by atoms with Crippen molar-refractivity contribution in [2.75, 3.05) is 26.6 Å². The highest BCUT2D eigenvalue weighted by molar-refractivity contribution is 6.04. The molecule has 0 saturated carbocycles. The highest BCUT2D eigenvalue weighted by Gasteiger charge is 2.19. The maximum absolute atomic E-state index is 12.7. The minimum atomic E-state index is -0.385. The molecule has 0 saturated heterocycles. The van der Waals surface area contributed by atoms with Gasteiger partial charge < -0.3 is 19.5 Å². The molecule has 0 radical (unpaired) electrons. The fraction of sp³-hybridized carbons (Fsp3) is 0.158. The minimum absolute atomic E-state index is 0.186. The molecule has 0 unspecified atom stereocenters. The van der Waals surface area contributed by atoms with Crippen molar-refractivity contribution < 1.29 is 19.0 Å². The van der Waals surface area contributed by atoms with Gasteiger partial charge in [0.2, 0.25) is 0 Å². The summed E-state index contributed by atoms with van der Waals surface area (Å²) in [6.07, 6.45) is 1.67. The summed E-state index contributed by atoms with van der Waals surface area (Å²) in [4.78, 5) is 12.7. The number of aromatic nitrogens is 2. The van der Waals surface area contributed by atoms with Crippen LogP contribution in [0.15, 0.2) is 54.7 Å². The van der Waals surface area contributed by atoms with Crippen molar-refractivity contribution in [2.24, 2.45) is 0 Å². The van der Waals surface area contributed by atoms with Crippen molar-refractivity contribution in [1.29, 1.82) is 0 Å². The highest BCUT2D eigenvalue weighted by atomic mass is 16.5. The lowest BCUT2D eigenvalue weighted by molar-refractivity contribution is 0.101. The smallest absolute Gasteiger partial charge is 0.280 e. The fourth-order valence-corrected chi connectivity index (χ4v) is 2.48. The Morgan fingerprint density at radius 3 is 2.27 bits per heavy atom. The zero-order valence-electron chi connectivity index (χ0n) is 14.7. The molecule has 0 atom stereocenters. The van der Waals surface area contributed by atoms with Gasteiger partial charge in [0.1, 0.15) is 0 Å². The number of nitrogens with zero attached hydrogens (tertiary/aromatic N) is 2. The van der Waals surface area contributed by atoms with Gasteiger partial charge in [-0.3, -0.25) is 4.79 Å². The first-order chi connectivity index (χ1) is 12.7. The maximum atomic E-state index is 12.7. The molecule has 1 amide bonds. The van der Waals surface area contributed by atoms with E-state index in [0.717, 1.165) is 5.69 Å². The first-order valence-electron chi connectivity index (χ1n) is 7.88. The largest absolute Gasteiger partial charge is 0.493 e. The van der Waals surface area contributed by atoms with E-state index in [0.29, 0.717) is 22.9 Å². The van der Waals surface area contributed by atoms with Gasteiger partial charge in [0, 0.05) is 11.8 Å². The van der Waals surface area contributed by atoms with E-state index in [1.54, 1.807) is 36.2 Å². The average molecular weight is 353 g/mol. The van der Waals surface area contributed by atoms with E-state index in [4.69, 9.17) is 14.2 Å². The number of hydrogen-bond donors (Lipinski definition) is 1. The first kappa shape index (κ1) is 17.3. The first-order valence-corrected chi connectivity index (χ1v) is 7.88. The van der Waals surface area contributed by atoms with Crippen LogP contribution in [0, 0.1) is 0 Å². The van der Waals surface area contributed by atoms with E-state index < -0.39 is 0 Å². The van der Waals surface area contributed by atoms with E-state index in [1.807, 2.05) is 30.3 Å². The van der Waals surface area contributed by atoms with E-state index in [1.165, 1.54) is 14.2 Å². The molecule has 1 heterocycles. The zero-order chi connectivity index (χ0) is 18.5. The zero-order valence-corrected chi connectivity index (χ0v) is 14.7. The third-order valence-electron chi connectivity index (χ3n) is 3.78. The quantitative estimate of drug-likeness (QED) is 0.737. The van der Waals surface area contributed by atoms with Crippen LogP contribution >= 0.6 is 0 Å². The second-order valence-electron chi connectivity index (χ2n) is 5.35. The summed E-state index contributed by atoms with van der Waals surface area (Å²) in [6.45, 7) is 0. The summed E-state index contributed by atoms with van der Waals surface area (Å²) in [5.74, 6) is 1.10. The van der Waals surface area contributed by atoms with E-state index >= 15 is 0 Å². The van der Waals surface area contributed by atoms with Gasteiger partial charge in [-0.05, 0) is 24.3 Å². The molecule has 1 N–H and O–H groups in total. The standard InChI is InChI=1S/C19H19N3O4/c1-24-15-10-9-13(11-16(15)25-2)20-19(23)18-17(26-3)12-22(21-18)14-7-5-4-6-8-14/h4-12H,1-3H3,(H,20,23). The lowest BCUT2D eigenvalue weighted by atomic mass is 10.2. The number of hydrogen-bond acceptors (Lipinski definition) is 5. The maximum Gasteiger partial charge on any atom is 0.280 e. The number of nitrogens with one attached hydrogen (secondary N) is 1. The van der Waals surface area contributed by atoms with Crippen LogP contribution in [0.25, 0.3) is 5.69 Å². The molecule has 134 valence electrons. The van der Waals surface area contributed by atoms with Gasteiger partial charge in [-0.2, -0.15) is 5.10 Å². The Balaban J connectivity index is 1.87. The second kappa shape index (κ2) is 7.60. The Hall–Kier alpha value is -3.48. The van der Waals surface area contributed by atoms with Gasteiger partial charge in [-0.25, -0.2) is 4.68 Å². The molecule has 0 aliphatic heterocycles. The Kier molecular flexibility index (Phi) is 5.07. The van der Waals surface area contributed by atoms with Crippen molar-refractivity contribution in [1.82, 2.24) is 9.78 Å². The third-order valence-corrected chi connectivity index (χ3v) is 3.78. The number of anilines is 1. The second-order valence-corrected chi connectivity index (χ2v) is 5.35. The molecule has 0 aliphatic rings. The van der Waals surface area contributed by atoms with E-state index in [2.05, 4.69) is 10.4 Å². The van der Waals surface area contributed by atoms with Crippen LogP contribution in [0.1, 0.15) is 10.5 Å². The van der Waals surface area contributed by atoms with Crippen LogP contribution in [0.2, 0.25) is 0 Å². The van der Waals surface area contributed by atoms with Crippen molar-refractivity contribution in [3.63, 3.8) is 0 Å². The summed E-state index contributed by atoms with van der Waals surface area (Å²) < 4.78 is 17.3. The molecular weight excluding hydrogens is 334 g/mol. The van der Waals surface area contributed by atoms with Crippen LogP contribution in [-0.4, -0.2) is 37.0 Å². The van der Waals surface area contributed by atoms with Crippen LogP contribution in [0.5, 0.6) is 17.2 Å². The molecule has 7 heteroatoms. The fourth-order valence-electron chi connectivity index (χ4n) is 2.48. The van der Waals surface area contributed by atoms with Crippen LogP contribution in [0.3, 0.4) is 0 Å². The number of carbonyl (C=O) groups excluding carboxylic acids is 1. The summed E-state index contributed by atoms with van der Waals surface area (Å²) in [5, 5.41) is 7.14. The highest BCUT2D eigenvalue weighted by Crippen LogP contribution is 2.30. The molecule has 0 fully saturated rings. The molecule has 3 rings (SSSR count). The van der Waals surface area contributed by atoms with Crippen LogP contribution < -0.4 is 19.5 Å². The molecule has 2 aromatic carbocycles. The summed E-state index contributed by atoms with van der Waals surface area (Å²) in [6, 6.07) is 14.6. The van der Waals surface area contributed by atoms with Crippen molar-refractivity contribution >= 4 is 11.6 Å². The number of rotatable bonds is 6. The predicted octanol–water partition coefficient (Wildman–Crippen LogP) is 3.15. The predicted molar refractivity (Wildman–Crippen MR) is 97.6 cm³/mol. The lowest BCUT2D eigenvalue weighted by Crippen LogP contribution is -2.14. The van der Waals surface area contributed by atoms with Gasteiger partial charge in [0.25, 0.3) is 5.91 Å².